The number of benzene rings is 2. The van der Waals surface area contributed by atoms with Crippen LogP contribution in [0.25, 0.3) is 6.08 Å². The quantitative estimate of drug-likeness (QED) is 0.686. The van der Waals surface area contributed by atoms with Crippen molar-refractivity contribution in [3.63, 3.8) is 0 Å². The third-order valence-corrected chi connectivity index (χ3v) is 3.43. The molecule has 0 aliphatic heterocycles. The number of amides is 1. The summed E-state index contributed by atoms with van der Waals surface area (Å²) in [6.45, 7) is 2.29. The Kier molecular flexibility index (Phi) is 5.26. The van der Waals surface area contributed by atoms with Gasteiger partial charge in [0.05, 0.1) is 0 Å². The zero-order valence-corrected chi connectivity index (χ0v) is 13.8. The van der Waals surface area contributed by atoms with Crippen molar-refractivity contribution in [2.24, 2.45) is 0 Å². The summed E-state index contributed by atoms with van der Waals surface area (Å²) in [5.41, 5.74) is 2.02. The molecule has 5 heteroatoms. The summed E-state index contributed by atoms with van der Waals surface area (Å²) in [6, 6.07) is 19.2. The third kappa shape index (κ3) is 5.07. The van der Waals surface area contributed by atoms with Gasteiger partial charge in [-0.2, -0.15) is 0 Å². The molecule has 3 aromatic rings. The van der Waals surface area contributed by atoms with Crippen LogP contribution in [-0.4, -0.2) is 11.1 Å². The van der Waals surface area contributed by atoms with E-state index < -0.39 is 0 Å². The van der Waals surface area contributed by atoms with E-state index in [1.807, 2.05) is 54.6 Å². The second-order valence-electron chi connectivity index (χ2n) is 5.49. The molecule has 1 amide bonds. The van der Waals surface area contributed by atoms with Gasteiger partial charge in [-0.15, -0.1) is 0 Å². The molecule has 1 aromatic heterocycles. The molecule has 5 nitrogen and oxygen atoms in total. The van der Waals surface area contributed by atoms with Gasteiger partial charge in [-0.1, -0.05) is 47.6 Å². The first-order valence-corrected chi connectivity index (χ1v) is 7.88. The molecule has 1 N–H and O–H groups in total. The zero-order valence-electron chi connectivity index (χ0n) is 13.8. The average molecular weight is 334 g/mol. The first-order valence-electron chi connectivity index (χ1n) is 7.88. The van der Waals surface area contributed by atoms with Crippen LogP contribution in [0.5, 0.6) is 5.75 Å². The summed E-state index contributed by atoms with van der Waals surface area (Å²) in [5.74, 6) is 1.56. The van der Waals surface area contributed by atoms with E-state index in [0.717, 1.165) is 16.9 Å². The second kappa shape index (κ2) is 7.97. The van der Waals surface area contributed by atoms with Crippen LogP contribution in [0, 0.1) is 6.92 Å². The molecular formula is C20H18N2O3. The van der Waals surface area contributed by atoms with Crippen molar-refractivity contribution in [3.05, 3.63) is 83.6 Å². The number of aromatic nitrogens is 1. The molecule has 126 valence electrons. The predicted molar refractivity (Wildman–Crippen MR) is 96.1 cm³/mol. The normalized spacial score (nSPS) is 10.8. The topological polar surface area (TPSA) is 64.4 Å². The molecule has 3 rings (SSSR count). The SMILES string of the molecule is Cc1cc(NC(=O)/C=C/c2ccc(OCc3ccccc3)cc2)no1. The number of hydrogen-bond donors (Lipinski definition) is 1. The summed E-state index contributed by atoms with van der Waals surface area (Å²) in [7, 11) is 0. The summed E-state index contributed by atoms with van der Waals surface area (Å²) < 4.78 is 10.6. The van der Waals surface area contributed by atoms with E-state index in [2.05, 4.69) is 10.5 Å². The third-order valence-electron chi connectivity index (χ3n) is 3.43. The fourth-order valence-corrected chi connectivity index (χ4v) is 2.18. The Morgan fingerprint density at radius 2 is 1.92 bits per heavy atom. The van der Waals surface area contributed by atoms with Gasteiger partial charge in [-0.05, 0) is 36.3 Å². The fraction of sp³-hybridized carbons (Fsp3) is 0.100. The minimum atomic E-state index is -0.266. The van der Waals surface area contributed by atoms with E-state index in [-0.39, 0.29) is 5.91 Å². The minimum absolute atomic E-state index is 0.266. The van der Waals surface area contributed by atoms with Crippen molar-refractivity contribution in [2.75, 3.05) is 5.32 Å². The minimum Gasteiger partial charge on any atom is -0.489 e. The van der Waals surface area contributed by atoms with Crippen molar-refractivity contribution < 1.29 is 14.1 Å². The van der Waals surface area contributed by atoms with Crippen LogP contribution < -0.4 is 10.1 Å². The van der Waals surface area contributed by atoms with Crippen LogP contribution in [0.1, 0.15) is 16.9 Å². The Balaban J connectivity index is 1.52. The maximum absolute atomic E-state index is 11.8. The second-order valence-corrected chi connectivity index (χ2v) is 5.49. The van der Waals surface area contributed by atoms with Gasteiger partial charge < -0.3 is 14.6 Å². The predicted octanol–water partition coefficient (Wildman–Crippen LogP) is 4.21. The molecule has 0 unspecified atom stereocenters. The maximum Gasteiger partial charge on any atom is 0.249 e. The smallest absolute Gasteiger partial charge is 0.249 e. The lowest BCUT2D eigenvalue weighted by Gasteiger charge is -2.06. The molecule has 0 bridgehead atoms. The number of hydrogen-bond acceptors (Lipinski definition) is 4. The number of rotatable bonds is 6. The summed E-state index contributed by atoms with van der Waals surface area (Å²) in [4.78, 5) is 11.8. The van der Waals surface area contributed by atoms with Crippen LogP contribution in [-0.2, 0) is 11.4 Å². The van der Waals surface area contributed by atoms with Crippen LogP contribution in [0.15, 0.2) is 71.3 Å². The lowest BCUT2D eigenvalue weighted by molar-refractivity contribution is -0.111. The monoisotopic (exact) mass is 334 g/mol. The van der Waals surface area contributed by atoms with Gasteiger partial charge in [0.25, 0.3) is 0 Å². The van der Waals surface area contributed by atoms with Crippen LogP contribution in [0.3, 0.4) is 0 Å². The number of nitrogens with zero attached hydrogens (tertiary/aromatic N) is 1. The lowest BCUT2D eigenvalue weighted by atomic mass is 10.2. The largest absolute Gasteiger partial charge is 0.489 e. The summed E-state index contributed by atoms with van der Waals surface area (Å²) >= 11 is 0. The first kappa shape index (κ1) is 16.5. The molecule has 0 fully saturated rings. The molecule has 0 radical (unpaired) electrons. The molecule has 0 saturated carbocycles. The number of carbonyl (C=O) groups excluding carboxylic acids is 1. The maximum atomic E-state index is 11.8. The van der Waals surface area contributed by atoms with Crippen molar-refractivity contribution in [2.45, 2.75) is 13.5 Å². The van der Waals surface area contributed by atoms with Gasteiger partial charge in [0.15, 0.2) is 5.82 Å². The van der Waals surface area contributed by atoms with Gasteiger partial charge in [0.1, 0.15) is 18.1 Å². The molecule has 0 aliphatic carbocycles. The zero-order chi connectivity index (χ0) is 17.5. The molecular weight excluding hydrogens is 316 g/mol. The number of anilines is 1. The highest BCUT2D eigenvalue weighted by molar-refractivity contribution is 6.01. The number of ether oxygens (including phenoxy) is 1. The molecule has 25 heavy (non-hydrogen) atoms. The Labute approximate surface area is 145 Å². The highest BCUT2D eigenvalue weighted by atomic mass is 16.5. The van der Waals surface area contributed by atoms with Crippen LogP contribution in [0.4, 0.5) is 5.82 Å². The summed E-state index contributed by atoms with van der Waals surface area (Å²) in [6.07, 6.45) is 3.17. The Morgan fingerprint density at radius 1 is 1.16 bits per heavy atom. The number of nitrogens with one attached hydrogen (secondary N) is 1. The fourth-order valence-electron chi connectivity index (χ4n) is 2.18. The van der Waals surface area contributed by atoms with Crippen LogP contribution >= 0.6 is 0 Å². The van der Waals surface area contributed by atoms with Crippen molar-refractivity contribution >= 4 is 17.8 Å². The molecule has 1 heterocycles. The van der Waals surface area contributed by atoms with E-state index in [9.17, 15) is 4.79 Å². The van der Waals surface area contributed by atoms with Crippen molar-refractivity contribution in [1.29, 1.82) is 0 Å². The van der Waals surface area contributed by atoms with Gasteiger partial charge in [0, 0.05) is 12.1 Å². The average Bonchev–Trinajstić information content (AvgIpc) is 3.04. The molecule has 0 saturated heterocycles. The number of carbonyl (C=O) groups is 1. The molecule has 0 atom stereocenters. The molecule has 0 spiro atoms. The first-order chi connectivity index (χ1) is 12.2. The lowest BCUT2D eigenvalue weighted by Crippen LogP contribution is -2.07. The van der Waals surface area contributed by atoms with Crippen molar-refractivity contribution in [3.8, 4) is 5.75 Å². The molecule has 2 aromatic carbocycles. The highest BCUT2D eigenvalue weighted by Crippen LogP contribution is 2.15. The standard InChI is InChI=1S/C20H18N2O3/c1-15-13-19(22-25-15)21-20(23)12-9-16-7-10-18(11-8-16)24-14-17-5-3-2-4-6-17/h2-13H,14H2,1H3,(H,21,22,23)/b12-9+. The van der Waals surface area contributed by atoms with Crippen LogP contribution in [0.2, 0.25) is 0 Å². The Hall–Kier alpha value is -3.34. The van der Waals surface area contributed by atoms with Gasteiger partial charge in [0.2, 0.25) is 5.91 Å². The van der Waals surface area contributed by atoms with E-state index in [1.54, 1.807) is 19.1 Å². The van der Waals surface area contributed by atoms with E-state index in [0.29, 0.717) is 18.2 Å². The number of aryl methyl sites for hydroxylation is 1. The van der Waals surface area contributed by atoms with E-state index >= 15 is 0 Å². The van der Waals surface area contributed by atoms with Gasteiger partial charge in [-0.3, -0.25) is 4.79 Å². The Bertz CT molecular complexity index is 852. The highest BCUT2D eigenvalue weighted by Gasteiger charge is 2.02. The van der Waals surface area contributed by atoms with E-state index in [1.165, 1.54) is 6.08 Å². The van der Waals surface area contributed by atoms with E-state index in [4.69, 9.17) is 9.26 Å². The molecule has 0 aliphatic rings. The summed E-state index contributed by atoms with van der Waals surface area (Å²) in [5, 5.41) is 6.34. The Morgan fingerprint density at radius 3 is 2.60 bits per heavy atom. The van der Waals surface area contributed by atoms with Crippen molar-refractivity contribution in [1.82, 2.24) is 5.16 Å². The van der Waals surface area contributed by atoms with Gasteiger partial charge in [-0.25, -0.2) is 0 Å². The van der Waals surface area contributed by atoms with Gasteiger partial charge >= 0.3 is 0 Å².